The third kappa shape index (κ3) is 4.71. The summed E-state index contributed by atoms with van der Waals surface area (Å²) in [5.41, 5.74) is 6.45. The van der Waals surface area contributed by atoms with Gasteiger partial charge in [0.1, 0.15) is 0 Å². The monoisotopic (exact) mass is 323 g/mol. The van der Waals surface area contributed by atoms with Crippen LogP contribution < -0.4 is 5.73 Å². The maximum Gasteiger partial charge on any atom is 0.236 e. The predicted octanol–water partition coefficient (Wildman–Crippen LogP) is 1.50. The molecule has 1 aromatic carbocycles. The van der Waals surface area contributed by atoms with Crippen molar-refractivity contribution in [2.45, 2.75) is 19.4 Å². The number of benzene rings is 1. The topological polar surface area (TPSA) is 66.6 Å². The van der Waals surface area contributed by atoms with Gasteiger partial charge in [0.25, 0.3) is 0 Å². The number of amides is 2. The molecule has 0 aliphatic carbocycles. The molecule has 120 valence electrons. The normalized spacial score (nSPS) is 18.5. The highest BCUT2D eigenvalue weighted by Gasteiger charge is 2.27. The number of halogens is 1. The van der Waals surface area contributed by atoms with Crippen molar-refractivity contribution in [2.75, 3.05) is 26.7 Å². The van der Waals surface area contributed by atoms with Gasteiger partial charge in [0.05, 0.1) is 12.5 Å². The average Bonchev–Trinajstić information content (AvgIpc) is 2.49. The molecule has 22 heavy (non-hydrogen) atoms. The van der Waals surface area contributed by atoms with Crippen molar-refractivity contribution in [1.29, 1.82) is 0 Å². The van der Waals surface area contributed by atoms with Gasteiger partial charge in [-0.05, 0) is 37.6 Å². The lowest BCUT2D eigenvalue weighted by atomic mass is 9.97. The number of likely N-dealkylation sites (tertiary alicyclic amines) is 1. The molecule has 1 saturated heterocycles. The van der Waals surface area contributed by atoms with Crippen molar-refractivity contribution >= 4 is 23.4 Å². The molecule has 1 unspecified atom stereocenters. The molecule has 1 atom stereocenters. The zero-order valence-corrected chi connectivity index (χ0v) is 13.6. The minimum atomic E-state index is -0.313. The first-order valence-electron chi connectivity index (χ1n) is 7.46. The zero-order chi connectivity index (χ0) is 16.1. The van der Waals surface area contributed by atoms with Gasteiger partial charge in [0.2, 0.25) is 11.8 Å². The average molecular weight is 324 g/mol. The summed E-state index contributed by atoms with van der Waals surface area (Å²) < 4.78 is 0. The number of carbonyl (C=O) groups is 2. The lowest BCUT2D eigenvalue weighted by Gasteiger charge is -2.32. The molecule has 1 fully saturated rings. The van der Waals surface area contributed by atoms with Gasteiger partial charge < -0.3 is 10.6 Å². The third-order valence-electron chi connectivity index (χ3n) is 3.95. The molecular weight excluding hydrogens is 302 g/mol. The van der Waals surface area contributed by atoms with Crippen LogP contribution >= 0.6 is 11.6 Å². The summed E-state index contributed by atoms with van der Waals surface area (Å²) in [5.74, 6) is -0.478. The van der Waals surface area contributed by atoms with E-state index in [1.54, 1.807) is 4.90 Å². The summed E-state index contributed by atoms with van der Waals surface area (Å²) in [6, 6.07) is 7.59. The Morgan fingerprint density at radius 1 is 1.36 bits per heavy atom. The van der Waals surface area contributed by atoms with E-state index in [0.717, 1.165) is 18.4 Å². The number of nitrogens with zero attached hydrogens (tertiary/aromatic N) is 2. The van der Waals surface area contributed by atoms with Gasteiger partial charge in [-0.15, -0.1) is 0 Å². The van der Waals surface area contributed by atoms with Crippen molar-refractivity contribution in [3.05, 3.63) is 34.9 Å². The van der Waals surface area contributed by atoms with E-state index < -0.39 is 0 Å². The van der Waals surface area contributed by atoms with E-state index in [4.69, 9.17) is 17.3 Å². The fourth-order valence-electron chi connectivity index (χ4n) is 2.72. The summed E-state index contributed by atoms with van der Waals surface area (Å²) in [6.45, 7) is 2.16. The second-order valence-electron chi connectivity index (χ2n) is 5.88. The van der Waals surface area contributed by atoms with Crippen LogP contribution in [0.25, 0.3) is 0 Å². The van der Waals surface area contributed by atoms with Gasteiger partial charge in [-0.1, -0.05) is 23.7 Å². The van der Waals surface area contributed by atoms with E-state index in [2.05, 4.69) is 0 Å². The van der Waals surface area contributed by atoms with Crippen molar-refractivity contribution in [3.63, 3.8) is 0 Å². The first-order chi connectivity index (χ1) is 10.5. The Kier molecular flexibility index (Phi) is 5.80. The lowest BCUT2D eigenvalue weighted by molar-refractivity contribution is -0.135. The second-order valence-corrected chi connectivity index (χ2v) is 6.32. The first-order valence-corrected chi connectivity index (χ1v) is 7.83. The number of carbonyl (C=O) groups excluding carboxylic acids is 2. The summed E-state index contributed by atoms with van der Waals surface area (Å²) in [7, 11) is 1.90. The first kappa shape index (κ1) is 16.8. The molecule has 1 aliphatic heterocycles. The Hall–Kier alpha value is -1.59. The van der Waals surface area contributed by atoms with Crippen LogP contribution in [0.15, 0.2) is 24.3 Å². The van der Waals surface area contributed by atoms with Gasteiger partial charge in [0, 0.05) is 24.7 Å². The van der Waals surface area contributed by atoms with Gasteiger partial charge in [-0.2, -0.15) is 0 Å². The van der Waals surface area contributed by atoms with E-state index in [-0.39, 0.29) is 17.7 Å². The largest absolute Gasteiger partial charge is 0.369 e. The molecule has 0 spiro atoms. The molecular formula is C16H22ClN3O2. The molecule has 1 aromatic rings. The van der Waals surface area contributed by atoms with Crippen LogP contribution in [-0.2, 0) is 16.1 Å². The highest BCUT2D eigenvalue weighted by molar-refractivity contribution is 6.30. The molecule has 2 amide bonds. The molecule has 1 aliphatic rings. The van der Waals surface area contributed by atoms with Crippen molar-refractivity contribution in [2.24, 2.45) is 11.7 Å². The van der Waals surface area contributed by atoms with Gasteiger partial charge >= 0.3 is 0 Å². The van der Waals surface area contributed by atoms with E-state index in [0.29, 0.717) is 31.2 Å². The fourth-order valence-corrected chi connectivity index (χ4v) is 2.85. The SMILES string of the molecule is CN(CC(=O)N1CCCC(C(N)=O)C1)Cc1ccc(Cl)cc1. The van der Waals surface area contributed by atoms with Crippen molar-refractivity contribution in [1.82, 2.24) is 9.80 Å². The molecule has 6 heteroatoms. The quantitative estimate of drug-likeness (QED) is 0.893. The standard InChI is InChI=1S/C16H22ClN3O2/c1-19(9-12-4-6-14(17)7-5-12)11-15(21)20-8-2-3-13(10-20)16(18)22/h4-7,13H,2-3,8-11H2,1H3,(H2,18,22). The summed E-state index contributed by atoms with van der Waals surface area (Å²) >= 11 is 5.86. The second kappa shape index (κ2) is 7.61. The van der Waals surface area contributed by atoms with E-state index in [9.17, 15) is 9.59 Å². The molecule has 2 rings (SSSR count). The Balaban J connectivity index is 1.85. The number of nitrogens with two attached hydrogens (primary N) is 1. The number of hydrogen-bond donors (Lipinski definition) is 1. The summed E-state index contributed by atoms with van der Waals surface area (Å²) in [6.07, 6.45) is 1.61. The minimum absolute atomic E-state index is 0.0439. The highest BCUT2D eigenvalue weighted by atomic mass is 35.5. The number of piperidine rings is 1. The molecule has 0 saturated carbocycles. The number of primary amides is 1. The van der Waals surface area contributed by atoms with Crippen LogP contribution in [0.3, 0.4) is 0 Å². The highest BCUT2D eigenvalue weighted by Crippen LogP contribution is 2.16. The predicted molar refractivity (Wildman–Crippen MR) is 86.3 cm³/mol. The minimum Gasteiger partial charge on any atom is -0.369 e. The molecule has 2 N–H and O–H groups in total. The van der Waals surface area contributed by atoms with Crippen molar-refractivity contribution < 1.29 is 9.59 Å². The van der Waals surface area contributed by atoms with Crippen LogP contribution in [0.1, 0.15) is 18.4 Å². The summed E-state index contributed by atoms with van der Waals surface area (Å²) in [4.78, 5) is 27.3. The molecule has 0 bridgehead atoms. The van der Waals surface area contributed by atoms with Crippen LogP contribution in [0.4, 0.5) is 0 Å². The molecule has 5 nitrogen and oxygen atoms in total. The maximum atomic E-state index is 12.3. The maximum absolute atomic E-state index is 12.3. The summed E-state index contributed by atoms with van der Waals surface area (Å²) in [5, 5.41) is 0.702. The van der Waals surface area contributed by atoms with E-state index >= 15 is 0 Å². The van der Waals surface area contributed by atoms with E-state index in [1.807, 2.05) is 36.2 Å². The van der Waals surface area contributed by atoms with Gasteiger partial charge in [-0.3, -0.25) is 14.5 Å². The van der Waals surface area contributed by atoms with Crippen LogP contribution in [0.2, 0.25) is 5.02 Å². The number of likely N-dealkylation sites (N-methyl/N-ethyl adjacent to an activating group) is 1. The van der Waals surface area contributed by atoms with Gasteiger partial charge in [0.15, 0.2) is 0 Å². The molecule has 0 radical (unpaired) electrons. The van der Waals surface area contributed by atoms with Crippen LogP contribution in [0, 0.1) is 5.92 Å². The smallest absolute Gasteiger partial charge is 0.236 e. The Morgan fingerprint density at radius 3 is 2.68 bits per heavy atom. The number of hydrogen-bond acceptors (Lipinski definition) is 3. The Labute approximate surface area is 136 Å². The van der Waals surface area contributed by atoms with E-state index in [1.165, 1.54) is 0 Å². The van der Waals surface area contributed by atoms with Crippen LogP contribution in [-0.4, -0.2) is 48.3 Å². The Morgan fingerprint density at radius 2 is 2.05 bits per heavy atom. The fraction of sp³-hybridized carbons (Fsp3) is 0.500. The number of rotatable bonds is 5. The van der Waals surface area contributed by atoms with Crippen LogP contribution in [0.5, 0.6) is 0 Å². The zero-order valence-electron chi connectivity index (χ0n) is 12.8. The lowest BCUT2D eigenvalue weighted by Crippen LogP contribution is -2.47. The van der Waals surface area contributed by atoms with Crippen molar-refractivity contribution in [3.8, 4) is 0 Å². The molecule has 0 aromatic heterocycles. The Bertz CT molecular complexity index is 533. The molecule has 1 heterocycles. The third-order valence-corrected chi connectivity index (χ3v) is 4.20. The van der Waals surface area contributed by atoms with Gasteiger partial charge in [-0.25, -0.2) is 0 Å².